The van der Waals surface area contributed by atoms with Gasteiger partial charge in [-0.25, -0.2) is 0 Å². The Bertz CT molecular complexity index is 291. The zero-order valence-electron chi connectivity index (χ0n) is 8.69. The summed E-state index contributed by atoms with van der Waals surface area (Å²) in [6.45, 7) is 4.18. The molecule has 0 aromatic carbocycles. The van der Waals surface area contributed by atoms with Gasteiger partial charge in [0.15, 0.2) is 11.0 Å². The molecular weight excluding hydrogens is 234 g/mol. The Morgan fingerprint density at radius 1 is 1.67 bits per heavy atom. The van der Waals surface area contributed by atoms with E-state index in [0.717, 1.165) is 16.7 Å². The Morgan fingerprint density at radius 3 is 2.87 bits per heavy atom. The van der Waals surface area contributed by atoms with Crippen LogP contribution in [0.25, 0.3) is 0 Å². The summed E-state index contributed by atoms with van der Waals surface area (Å²) in [5.74, 6) is 0.273. The fraction of sp³-hybridized carbons (Fsp3) is 0.667. The van der Waals surface area contributed by atoms with Crippen molar-refractivity contribution >= 4 is 39.7 Å². The van der Waals surface area contributed by atoms with Crippen molar-refractivity contribution in [3.63, 3.8) is 0 Å². The van der Waals surface area contributed by atoms with Crippen molar-refractivity contribution in [2.24, 2.45) is 4.99 Å². The average Bonchev–Trinajstić information content (AvgIpc) is 2.66. The number of ketones is 1. The van der Waals surface area contributed by atoms with Gasteiger partial charge in [-0.1, -0.05) is 23.5 Å². The van der Waals surface area contributed by atoms with E-state index in [2.05, 4.69) is 4.99 Å². The predicted molar refractivity (Wildman–Crippen MR) is 63.5 cm³/mol. The van der Waals surface area contributed by atoms with Crippen molar-refractivity contribution in [1.82, 2.24) is 0 Å². The molecule has 1 rings (SSSR count). The molecule has 0 fully saturated rings. The first-order valence-corrected chi connectivity index (χ1v) is 6.52. The summed E-state index contributed by atoms with van der Waals surface area (Å²) in [5, 5.41) is -0.755. The van der Waals surface area contributed by atoms with Gasteiger partial charge in [0, 0.05) is 5.75 Å². The Kier molecular flexibility index (Phi) is 5.17. The van der Waals surface area contributed by atoms with E-state index in [-0.39, 0.29) is 5.78 Å². The molecule has 4 nitrogen and oxygen atoms in total. The van der Waals surface area contributed by atoms with Gasteiger partial charge in [0.2, 0.25) is 0 Å². The van der Waals surface area contributed by atoms with Gasteiger partial charge < -0.3 is 4.74 Å². The van der Waals surface area contributed by atoms with Gasteiger partial charge in [0.05, 0.1) is 13.2 Å². The molecule has 0 N–H and O–H groups in total. The summed E-state index contributed by atoms with van der Waals surface area (Å²) in [7, 11) is 0. The minimum atomic E-state index is -0.755. The van der Waals surface area contributed by atoms with Crippen molar-refractivity contribution in [1.29, 1.82) is 0 Å². The van der Waals surface area contributed by atoms with Gasteiger partial charge in [0.25, 0.3) is 0 Å². The van der Waals surface area contributed by atoms with E-state index >= 15 is 0 Å². The number of thioether (sulfide) groups is 2. The Balaban J connectivity index is 2.57. The van der Waals surface area contributed by atoms with Crippen molar-refractivity contribution < 1.29 is 14.3 Å². The topological polar surface area (TPSA) is 55.7 Å². The molecule has 0 aliphatic carbocycles. The first kappa shape index (κ1) is 12.6. The molecule has 1 unspecified atom stereocenters. The highest BCUT2D eigenvalue weighted by Crippen LogP contribution is 2.26. The first-order chi connectivity index (χ1) is 7.15. The Labute approximate surface area is 97.2 Å². The number of rotatable bonds is 4. The Hall–Kier alpha value is -0.490. The minimum absolute atomic E-state index is 0.186. The maximum Gasteiger partial charge on any atom is 0.327 e. The second-order valence-electron chi connectivity index (χ2n) is 2.86. The standard InChI is InChI=1S/C9H13NO3S2/c1-3-13-8(12)7(6(2)11)15-9-10-4-5-14-9/h7H,3-5H2,1-2H3. The van der Waals surface area contributed by atoms with E-state index in [0.29, 0.717) is 6.61 Å². The van der Waals surface area contributed by atoms with E-state index in [1.807, 2.05) is 0 Å². The lowest BCUT2D eigenvalue weighted by Crippen LogP contribution is -2.28. The molecule has 1 aliphatic heterocycles. The number of carbonyl (C=O) groups excluding carboxylic acids is 2. The fourth-order valence-corrected chi connectivity index (χ4v) is 3.05. The van der Waals surface area contributed by atoms with Gasteiger partial charge in [-0.15, -0.1) is 0 Å². The van der Waals surface area contributed by atoms with Crippen LogP contribution < -0.4 is 0 Å². The fourth-order valence-electron chi connectivity index (χ4n) is 1.00. The van der Waals surface area contributed by atoms with E-state index < -0.39 is 11.2 Å². The van der Waals surface area contributed by atoms with Crippen LogP contribution in [-0.2, 0) is 14.3 Å². The van der Waals surface area contributed by atoms with Crippen LogP contribution in [-0.4, -0.2) is 40.3 Å². The van der Waals surface area contributed by atoms with Gasteiger partial charge in [-0.05, 0) is 13.8 Å². The molecule has 6 heteroatoms. The van der Waals surface area contributed by atoms with E-state index in [4.69, 9.17) is 4.74 Å². The predicted octanol–water partition coefficient (Wildman–Crippen LogP) is 1.34. The third-order valence-corrected chi connectivity index (χ3v) is 4.14. The molecule has 0 radical (unpaired) electrons. The lowest BCUT2D eigenvalue weighted by atomic mass is 10.3. The van der Waals surface area contributed by atoms with Crippen LogP contribution in [0, 0.1) is 0 Å². The number of hydrogen-bond acceptors (Lipinski definition) is 6. The van der Waals surface area contributed by atoms with Crippen LogP contribution >= 0.6 is 23.5 Å². The molecule has 0 aromatic heterocycles. The number of nitrogens with zero attached hydrogens (tertiary/aromatic N) is 1. The number of Topliss-reactive ketones (excluding diaryl/α,β-unsaturated/α-hetero) is 1. The summed E-state index contributed by atoms with van der Waals surface area (Å²) >= 11 is 2.77. The third-order valence-electron chi connectivity index (χ3n) is 1.65. The molecule has 0 bridgehead atoms. The number of carbonyl (C=O) groups is 2. The van der Waals surface area contributed by atoms with Gasteiger partial charge >= 0.3 is 5.97 Å². The van der Waals surface area contributed by atoms with E-state index in [1.165, 1.54) is 18.7 Å². The summed E-state index contributed by atoms with van der Waals surface area (Å²) in [6, 6.07) is 0. The van der Waals surface area contributed by atoms with E-state index in [9.17, 15) is 9.59 Å². The van der Waals surface area contributed by atoms with Crippen molar-refractivity contribution in [2.75, 3.05) is 18.9 Å². The molecule has 1 heterocycles. The number of aliphatic imine (C=N–C) groups is 1. The molecule has 0 saturated heterocycles. The quantitative estimate of drug-likeness (QED) is 0.554. The smallest absolute Gasteiger partial charge is 0.327 e. The van der Waals surface area contributed by atoms with Crippen LogP contribution in [0.15, 0.2) is 4.99 Å². The van der Waals surface area contributed by atoms with Crippen LogP contribution in [0.3, 0.4) is 0 Å². The maximum atomic E-state index is 11.4. The molecule has 0 saturated carbocycles. The minimum Gasteiger partial charge on any atom is -0.465 e. The molecule has 15 heavy (non-hydrogen) atoms. The molecule has 1 aliphatic rings. The highest BCUT2D eigenvalue weighted by atomic mass is 32.2. The summed E-state index contributed by atoms with van der Waals surface area (Å²) in [5.41, 5.74) is 0. The number of ether oxygens (including phenoxy) is 1. The largest absolute Gasteiger partial charge is 0.465 e. The lowest BCUT2D eigenvalue weighted by molar-refractivity contribution is -0.144. The normalized spacial score (nSPS) is 17.1. The van der Waals surface area contributed by atoms with Crippen LogP contribution in [0.2, 0.25) is 0 Å². The van der Waals surface area contributed by atoms with Gasteiger partial charge in [0.1, 0.15) is 4.38 Å². The Morgan fingerprint density at radius 2 is 2.40 bits per heavy atom. The summed E-state index contributed by atoms with van der Waals surface area (Å²) in [4.78, 5) is 26.9. The van der Waals surface area contributed by atoms with Crippen molar-refractivity contribution in [3.8, 4) is 0 Å². The highest BCUT2D eigenvalue weighted by Gasteiger charge is 2.28. The highest BCUT2D eigenvalue weighted by molar-refractivity contribution is 8.39. The first-order valence-electron chi connectivity index (χ1n) is 4.66. The average molecular weight is 247 g/mol. The van der Waals surface area contributed by atoms with Crippen LogP contribution in [0.1, 0.15) is 13.8 Å². The molecule has 1 atom stereocenters. The molecular formula is C9H13NO3S2. The summed E-state index contributed by atoms with van der Waals surface area (Å²) in [6.07, 6.45) is 0. The van der Waals surface area contributed by atoms with Gasteiger partial charge in [-0.2, -0.15) is 0 Å². The zero-order chi connectivity index (χ0) is 11.3. The van der Waals surface area contributed by atoms with Crippen LogP contribution in [0.4, 0.5) is 0 Å². The zero-order valence-corrected chi connectivity index (χ0v) is 10.3. The third kappa shape index (κ3) is 3.87. The lowest BCUT2D eigenvalue weighted by Gasteiger charge is -2.11. The molecule has 0 aromatic rings. The van der Waals surface area contributed by atoms with Crippen molar-refractivity contribution in [2.45, 2.75) is 19.1 Å². The number of esters is 1. The molecule has 0 spiro atoms. The van der Waals surface area contributed by atoms with Crippen molar-refractivity contribution in [3.05, 3.63) is 0 Å². The van der Waals surface area contributed by atoms with E-state index in [1.54, 1.807) is 18.7 Å². The molecule has 0 amide bonds. The maximum absolute atomic E-state index is 11.4. The van der Waals surface area contributed by atoms with Crippen LogP contribution in [0.5, 0.6) is 0 Å². The SMILES string of the molecule is CCOC(=O)C(SC1=NCCS1)C(C)=O. The van der Waals surface area contributed by atoms with Gasteiger partial charge in [-0.3, -0.25) is 14.6 Å². The second-order valence-corrected chi connectivity index (χ2v) is 5.29. The number of hydrogen-bond donors (Lipinski definition) is 0. The second kappa shape index (κ2) is 6.17. The monoisotopic (exact) mass is 247 g/mol. The summed E-state index contributed by atoms with van der Waals surface area (Å²) < 4.78 is 5.64. The molecule has 84 valence electrons.